The third-order valence-corrected chi connectivity index (χ3v) is 3.39. The summed E-state index contributed by atoms with van der Waals surface area (Å²) in [5, 5.41) is 13.8. The third-order valence-electron chi connectivity index (χ3n) is 3.39. The molecule has 0 aromatic rings. The van der Waals surface area contributed by atoms with Crippen LogP contribution in [0.5, 0.6) is 0 Å². The lowest BCUT2D eigenvalue weighted by Crippen LogP contribution is -2.45. The highest BCUT2D eigenvalue weighted by Gasteiger charge is 2.30. The molecule has 8 nitrogen and oxygen atoms in total. The Labute approximate surface area is 123 Å². The van der Waals surface area contributed by atoms with Crippen LogP contribution in [-0.2, 0) is 14.3 Å². The van der Waals surface area contributed by atoms with Crippen LogP contribution in [0.25, 0.3) is 0 Å². The zero-order valence-corrected chi connectivity index (χ0v) is 12.4. The van der Waals surface area contributed by atoms with E-state index in [0.717, 1.165) is 0 Å². The first kappa shape index (κ1) is 17.2. The van der Waals surface area contributed by atoms with Crippen molar-refractivity contribution in [3.05, 3.63) is 0 Å². The van der Waals surface area contributed by atoms with Gasteiger partial charge >= 0.3 is 12.0 Å². The average Bonchev–Trinajstić information content (AvgIpc) is 2.93. The van der Waals surface area contributed by atoms with Gasteiger partial charge in [-0.3, -0.25) is 4.79 Å². The molecule has 0 aromatic carbocycles. The molecule has 8 heteroatoms. The maximum absolute atomic E-state index is 11.7. The summed E-state index contributed by atoms with van der Waals surface area (Å²) in [4.78, 5) is 35.6. The number of likely N-dealkylation sites (N-methyl/N-ethyl adjacent to an activating group) is 1. The minimum atomic E-state index is -0.980. The van der Waals surface area contributed by atoms with Gasteiger partial charge in [0.1, 0.15) is 0 Å². The molecule has 2 atom stereocenters. The second kappa shape index (κ2) is 8.46. The lowest BCUT2D eigenvalue weighted by Gasteiger charge is -2.19. The summed E-state index contributed by atoms with van der Waals surface area (Å²) >= 11 is 0. The standard InChI is InChI=1S/C13H23N3O5/c1-3-16(4-2)11(17)8-15-13(20)14-7-9-5-6-10(21-9)12(18)19/h9-10H,3-8H2,1-2H3,(H,18,19)(H2,14,15,20). The van der Waals surface area contributed by atoms with E-state index in [9.17, 15) is 14.4 Å². The molecule has 0 spiro atoms. The average molecular weight is 301 g/mol. The topological polar surface area (TPSA) is 108 Å². The van der Waals surface area contributed by atoms with Gasteiger partial charge in [0.15, 0.2) is 6.10 Å². The summed E-state index contributed by atoms with van der Waals surface area (Å²) < 4.78 is 5.25. The first-order valence-corrected chi connectivity index (χ1v) is 7.15. The number of nitrogens with zero attached hydrogens (tertiary/aromatic N) is 1. The van der Waals surface area contributed by atoms with Crippen molar-refractivity contribution in [2.24, 2.45) is 0 Å². The maximum Gasteiger partial charge on any atom is 0.332 e. The van der Waals surface area contributed by atoms with Crippen LogP contribution in [-0.4, -0.2) is 66.3 Å². The Kier molecular flexibility index (Phi) is 6.93. The molecular formula is C13H23N3O5. The fourth-order valence-corrected chi connectivity index (χ4v) is 2.15. The normalized spacial score (nSPS) is 20.9. The fraction of sp³-hybridized carbons (Fsp3) is 0.769. The van der Waals surface area contributed by atoms with E-state index in [0.29, 0.717) is 25.9 Å². The number of ether oxygens (including phenoxy) is 1. The van der Waals surface area contributed by atoms with Crippen molar-refractivity contribution in [2.45, 2.75) is 38.9 Å². The number of rotatable bonds is 7. The SMILES string of the molecule is CCN(CC)C(=O)CNC(=O)NCC1CCC(C(=O)O)O1. The van der Waals surface area contributed by atoms with Crippen molar-refractivity contribution in [3.8, 4) is 0 Å². The molecule has 1 fully saturated rings. The second-order valence-corrected chi connectivity index (χ2v) is 4.79. The molecule has 1 aliphatic heterocycles. The number of hydrogen-bond acceptors (Lipinski definition) is 4. The Morgan fingerprint density at radius 2 is 1.86 bits per heavy atom. The molecule has 3 N–H and O–H groups in total. The van der Waals surface area contributed by atoms with Crippen molar-refractivity contribution < 1.29 is 24.2 Å². The molecule has 1 saturated heterocycles. The smallest absolute Gasteiger partial charge is 0.332 e. The Balaban J connectivity index is 2.20. The van der Waals surface area contributed by atoms with Gasteiger partial charge in [0.25, 0.3) is 0 Å². The van der Waals surface area contributed by atoms with E-state index in [-0.39, 0.29) is 25.1 Å². The number of nitrogens with one attached hydrogen (secondary N) is 2. The van der Waals surface area contributed by atoms with Gasteiger partial charge in [-0.05, 0) is 26.7 Å². The molecule has 21 heavy (non-hydrogen) atoms. The predicted octanol–water partition coefficient (Wildman–Crippen LogP) is -0.214. The predicted molar refractivity (Wildman–Crippen MR) is 74.9 cm³/mol. The summed E-state index contributed by atoms with van der Waals surface area (Å²) in [5.74, 6) is -1.12. The zero-order valence-electron chi connectivity index (χ0n) is 12.4. The van der Waals surface area contributed by atoms with E-state index in [1.54, 1.807) is 4.90 Å². The van der Waals surface area contributed by atoms with Crippen LogP contribution in [0.2, 0.25) is 0 Å². The molecule has 1 aliphatic rings. The van der Waals surface area contributed by atoms with Crippen molar-refractivity contribution in [1.29, 1.82) is 0 Å². The van der Waals surface area contributed by atoms with E-state index < -0.39 is 18.1 Å². The summed E-state index contributed by atoms with van der Waals surface area (Å²) in [7, 11) is 0. The number of carboxylic acids is 1. The summed E-state index contributed by atoms with van der Waals surface area (Å²) in [6.45, 7) is 5.12. The highest BCUT2D eigenvalue weighted by Crippen LogP contribution is 2.18. The highest BCUT2D eigenvalue weighted by molar-refractivity contribution is 5.83. The van der Waals surface area contributed by atoms with Gasteiger partial charge in [0, 0.05) is 19.6 Å². The quantitative estimate of drug-likeness (QED) is 0.603. The highest BCUT2D eigenvalue weighted by atomic mass is 16.5. The molecule has 120 valence electrons. The lowest BCUT2D eigenvalue weighted by atomic mass is 10.2. The fourth-order valence-electron chi connectivity index (χ4n) is 2.15. The number of carbonyl (C=O) groups excluding carboxylic acids is 2. The van der Waals surface area contributed by atoms with Crippen LogP contribution in [0.15, 0.2) is 0 Å². The van der Waals surface area contributed by atoms with Crippen LogP contribution in [0, 0.1) is 0 Å². The monoisotopic (exact) mass is 301 g/mol. The third kappa shape index (κ3) is 5.58. The van der Waals surface area contributed by atoms with Gasteiger partial charge in [-0.2, -0.15) is 0 Å². The van der Waals surface area contributed by atoms with E-state index in [2.05, 4.69) is 10.6 Å². The first-order chi connectivity index (χ1) is 9.97. The molecule has 0 bridgehead atoms. The lowest BCUT2D eigenvalue weighted by molar-refractivity contribution is -0.149. The van der Waals surface area contributed by atoms with Gasteiger partial charge in [0.2, 0.25) is 5.91 Å². The molecule has 1 rings (SSSR count). The van der Waals surface area contributed by atoms with E-state index in [1.165, 1.54) is 0 Å². The molecule has 2 unspecified atom stereocenters. The molecule has 3 amide bonds. The zero-order chi connectivity index (χ0) is 15.8. The molecule has 0 aliphatic carbocycles. The largest absolute Gasteiger partial charge is 0.479 e. The molecule has 0 aromatic heterocycles. The van der Waals surface area contributed by atoms with Crippen LogP contribution in [0.4, 0.5) is 4.79 Å². The summed E-state index contributed by atoms with van der Waals surface area (Å²) in [6, 6.07) is -0.460. The minimum absolute atomic E-state index is 0.0587. The van der Waals surface area contributed by atoms with E-state index >= 15 is 0 Å². The van der Waals surface area contributed by atoms with Crippen LogP contribution in [0.1, 0.15) is 26.7 Å². The van der Waals surface area contributed by atoms with Crippen LogP contribution >= 0.6 is 0 Å². The Hall–Kier alpha value is -1.83. The van der Waals surface area contributed by atoms with Crippen molar-refractivity contribution in [3.63, 3.8) is 0 Å². The van der Waals surface area contributed by atoms with Crippen LogP contribution in [0.3, 0.4) is 0 Å². The number of urea groups is 1. The van der Waals surface area contributed by atoms with Crippen molar-refractivity contribution in [2.75, 3.05) is 26.2 Å². The van der Waals surface area contributed by atoms with Gasteiger partial charge in [-0.1, -0.05) is 0 Å². The Bertz CT molecular complexity index is 384. The number of aliphatic carboxylic acids is 1. The summed E-state index contributed by atoms with van der Waals surface area (Å²) in [6.07, 6.45) is -0.0428. The van der Waals surface area contributed by atoms with Gasteiger partial charge in [-0.15, -0.1) is 0 Å². The second-order valence-electron chi connectivity index (χ2n) is 4.79. The number of hydrogen-bond donors (Lipinski definition) is 3. The minimum Gasteiger partial charge on any atom is -0.479 e. The molecule has 1 heterocycles. The van der Waals surface area contributed by atoms with Crippen molar-refractivity contribution >= 4 is 17.9 Å². The van der Waals surface area contributed by atoms with Gasteiger partial charge < -0.3 is 25.4 Å². The van der Waals surface area contributed by atoms with Crippen LogP contribution < -0.4 is 10.6 Å². The van der Waals surface area contributed by atoms with Gasteiger partial charge in [0.05, 0.1) is 12.6 Å². The first-order valence-electron chi connectivity index (χ1n) is 7.15. The Morgan fingerprint density at radius 1 is 1.19 bits per heavy atom. The number of amides is 3. The van der Waals surface area contributed by atoms with E-state index in [1.807, 2.05) is 13.8 Å². The Morgan fingerprint density at radius 3 is 2.38 bits per heavy atom. The summed E-state index contributed by atoms with van der Waals surface area (Å²) in [5.41, 5.74) is 0. The molecule has 0 saturated carbocycles. The van der Waals surface area contributed by atoms with Crippen molar-refractivity contribution in [1.82, 2.24) is 15.5 Å². The number of carboxylic acid groups (broad SMARTS) is 1. The van der Waals surface area contributed by atoms with Gasteiger partial charge in [-0.25, -0.2) is 9.59 Å². The maximum atomic E-state index is 11.7. The molecular weight excluding hydrogens is 278 g/mol. The van der Waals surface area contributed by atoms with E-state index in [4.69, 9.17) is 9.84 Å². The molecule has 0 radical (unpaired) electrons. The number of carbonyl (C=O) groups is 3.